The van der Waals surface area contributed by atoms with Gasteiger partial charge in [-0.05, 0) is 62.8 Å². The van der Waals surface area contributed by atoms with Crippen LogP contribution in [0.2, 0.25) is 0 Å². The molecule has 1 amide bonds. The first kappa shape index (κ1) is 26.2. The summed E-state index contributed by atoms with van der Waals surface area (Å²) in [5.74, 6) is -1.51. The van der Waals surface area contributed by atoms with Crippen molar-refractivity contribution in [3.8, 4) is 0 Å². The Morgan fingerprint density at radius 3 is 2.00 bits per heavy atom. The molecule has 0 heterocycles. The highest BCUT2D eigenvalue weighted by Gasteiger charge is 2.23. The average molecular weight is 447 g/mol. The molecule has 2 fully saturated rings. The van der Waals surface area contributed by atoms with Gasteiger partial charge in [-0.1, -0.05) is 63.4 Å². The number of alkyl carbamates (subject to hydrolysis) is 1. The number of quaternary nitrogens is 1. The van der Waals surface area contributed by atoms with Crippen LogP contribution in [0, 0.1) is 5.92 Å². The molecule has 2 aliphatic carbocycles. The van der Waals surface area contributed by atoms with Gasteiger partial charge in [0.2, 0.25) is 0 Å². The molecule has 0 spiro atoms. The molecule has 1 aromatic carbocycles. The van der Waals surface area contributed by atoms with Gasteiger partial charge in [0.1, 0.15) is 6.61 Å². The fourth-order valence-corrected chi connectivity index (χ4v) is 4.60. The molecule has 3 N–H and O–H groups in total. The van der Waals surface area contributed by atoms with Gasteiger partial charge < -0.3 is 25.3 Å². The number of carbonyl (C=O) groups is 2. The number of carboxylic acid groups (broad SMARTS) is 1. The molecule has 0 radical (unpaired) electrons. The van der Waals surface area contributed by atoms with E-state index in [1.807, 2.05) is 37.3 Å². The Hall–Kier alpha value is -2.08. The lowest BCUT2D eigenvalue weighted by Crippen LogP contribution is -2.95. The standard InChI is InChI=1S/C14H19NO4.C12H23N/c1-3-10(2)12(13(16)17)15-14(18)19-9-11-7-5-4-6-8-11;1-3-7-11(8-4-1)13-12-9-5-2-6-10-12/h4-8,10,12H,3,9H2,1-2H3,(H,15,18)(H,16,17);11-13H,1-10H2. The molecule has 0 bridgehead atoms. The van der Waals surface area contributed by atoms with Crippen LogP contribution in [0.4, 0.5) is 4.79 Å². The maximum Gasteiger partial charge on any atom is 0.408 e. The van der Waals surface area contributed by atoms with Crippen molar-refractivity contribution >= 4 is 12.1 Å². The molecule has 0 aromatic heterocycles. The van der Waals surface area contributed by atoms with E-state index in [-0.39, 0.29) is 12.5 Å². The van der Waals surface area contributed by atoms with E-state index in [1.165, 1.54) is 64.2 Å². The minimum atomic E-state index is -1.30. The van der Waals surface area contributed by atoms with Gasteiger partial charge in [-0.15, -0.1) is 0 Å². The predicted molar refractivity (Wildman–Crippen MR) is 124 cm³/mol. The quantitative estimate of drug-likeness (QED) is 0.641. The van der Waals surface area contributed by atoms with Crippen LogP contribution in [-0.4, -0.2) is 30.2 Å². The molecule has 6 nitrogen and oxygen atoms in total. The van der Waals surface area contributed by atoms with E-state index in [0.717, 1.165) is 17.6 Å². The minimum Gasteiger partial charge on any atom is -0.548 e. The number of aliphatic carboxylic acids is 1. The van der Waals surface area contributed by atoms with Crippen LogP contribution in [0.25, 0.3) is 0 Å². The lowest BCUT2D eigenvalue weighted by molar-refractivity contribution is -0.725. The molecule has 6 heteroatoms. The van der Waals surface area contributed by atoms with Crippen LogP contribution < -0.4 is 15.7 Å². The summed E-state index contributed by atoms with van der Waals surface area (Å²) in [6.45, 7) is 3.68. The van der Waals surface area contributed by atoms with Crippen LogP contribution in [0.5, 0.6) is 0 Å². The second-order valence-electron chi connectivity index (χ2n) is 9.38. The van der Waals surface area contributed by atoms with Crippen LogP contribution in [-0.2, 0) is 16.1 Å². The molecule has 0 aliphatic heterocycles. The topological polar surface area (TPSA) is 95.1 Å². The lowest BCUT2D eigenvalue weighted by Gasteiger charge is -2.27. The summed E-state index contributed by atoms with van der Waals surface area (Å²) in [5.41, 5.74) is 0.839. The SMILES string of the molecule is C1CCC([NH2+]C2CCCCC2)CC1.CCC(C)C(NC(=O)OCc1ccccc1)C(=O)[O-]. The van der Waals surface area contributed by atoms with E-state index in [1.54, 1.807) is 6.92 Å². The van der Waals surface area contributed by atoms with E-state index in [9.17, 15) is 14.7 Å². The van der Waals surface area contributed by atoms with Crippen LogP contribution in [0.3, 0.4) is 0 Å². The average Bonchev–Trinajstić information content (AvgIpc) is 2.83. The molecule has 32 heavy (non-hydrogen) atoms. The van der Waals surface area contributed by atoms with Gasteiger partial charge in [-0.25, -0.2) is 4.79 Å². The summed E-state index contributed by atoms with van der Waals surface area (Å²) in [5, 5.41) is 16.0. The van der Waals surface area contributed by atoms with Gasteiger partial charge in [0.25, 0.3) is 0 Å². The first-order valence-corrected chi connectivity index (χ1v) is 12.5. The molecular formula is C26H42N2O4. The van der Waals surface area contributed by atoms with Gasteiger partial charge in [-0.3, -0.25) is 0 Å². The number of nitrogens with two attached hydrogens (primary N) is 1. The van der Waals surface area contributed by atoms with Gasteiger partial charge in [0.15, 0.2) is 0 Å². The van der Waals surface area contributed by atoms with E-state index in [0.29, 0.717) is 6.42 Å². The molecule has 2 aliphatic rings. The zero-order chi connectivity index (χ0) is 23.2. The summed E-state index contributed by atoms with van der Waals surface area (Å²) in [6.07, 6.45) is 14.8. The number of hydrogen-bond acceptors (Lipinski definition) is 4. The number of carbonyl (C=O) groups excluding carboxylic acids is 2. The number of rotatable bonds is 8. The molecule has 1 aromatic rings. The Labute approximate surface area is 193 Å². The van der Waals surface area contributed by atoms with E-state index >= 15 is 0 Å². The van der Waals surface area contributed by atoms with Crippen LogP contribution >= 0.6 is 0 Å². The van der Waals surface area contributed by atoms with Crippen molar-refractivity contribution < 1.29 is 24.7 Å². The Balaban J connectivity index is 0.000000242. The second kappa shape index (κ2) is 14.9. The number of nitrogens with one attached hydrogen (secondary N) is 1. The van der Waals surface area contributed by atoms with Crippen LogP contribution in [0.1, 0.15) is 90.0 Å². The summed E-state index contributed by atoms with van der Waals surface area (Å²) in [6, 6.07) is 10.1. The maximum atomic E-state index is 11.5. The van der Waals surface area contributed by atoms with E-state index < -0.39 is 18.1 Å². The molecule has 3 rings (SSSR count). The second-order valence-corrected chi connectivity index (χ2v) is 9.38. The maximum absolute atomic E-state index is 11.5. The summed E-state index contributed by atoms with van der Waals surface area (Å²) in [4.78, 5) is 22.5. The van der Waals surface area contributed by atoms with Gasteiger partial charge in [-0.2, -0.15) is 0 Å². The highest BCUT2D eigenvalue weighted by Crippen LogP contribution is 2.18. The molecule has 2 saturated carbocycles. The number of benzene rings is 1. The first-order valence-electron chi connectivity index (χ1n) is 12.5. The van der Waals surface area contributed by atoms with Crippen LogP contribution in [0.15, 0.2) is 30.3 Å². The molecule has 2 unspecified atom stereocenters. The summed E-state index contributed by atoms with van der Waals surface area (Å²) >= 11 is 0. The summed E-state index contributed by atoms with van der Waals surface area (Å²) in [7, 11) is 0. The Morgan fingerprint density at radius 1 is 1.00 bits per heavy atom. The van der Waals surface area contributed by atoms with Gasteiger partial charge >= 0.3 is 6.09 Å². The van der Waals surface area contributed by atoms with E-state index in [2.05, 4.69) is 10.6 Å². The number of hydrogen-bond donors (Lipinski definition) is 2. The first-order chi connectivity index (χ1) is 15.5. The fourth-order valence-electron chi connectivity index (χ4n) is 4.60. The molecule has 0 saturated heterocycles. The number of ether oxygens (including phenoxy) is 1. The fraction of sp³-hybridized carbons (Fsp3) is 0.692. The molecule has 180 valence electrons. The largest absolute Gasteiger partial charge is 0.548 e. The summed E-state index contributed by atoms with van der Waals surface area (Å²) < 4.78 is 4.96. The minimum absolute atomic E-state index is 0.104. The highest BCUT2D eigenvalue weighted by atomic mass is 16.5. The van der Waals surface area contributed by atoms with Crippen molar-refractivity contribution in [2.24, 2.45) is 5.92 Å². The van der Waals surface area contributed by atoms with Crippen molar-refractivity contribution in [1.29, 1.82) is 0 Å². The van der Waals surface area contributed by atoms with Crippen molar-refractivity contribution in [2.75, 3.05) is 0 Å². The molecule has 2 atom stereocenters. The predicted octanol–water partition coefficient (Wildman–Crippen LogP) is 3.29. The zero-order valence-electron chi connectivity index (χ0n) is 19.9. The number of carboxylic acids is 1. The molecular weight excluding hydrogens is 404 g/mol. The Morgan fingerprint density at radius 2 is 1.53 bits per heavy atom. The lowest BCUT2D eigenvalue weighted by atomic mass is 9.91. The van der Waals surface area contributed by atoms with Crippen molar-refractivity contribution in [1.82, 2.24) is 5.32 Å². The zero-order valence-corrected chi connectivity index (χ0v) is 19.9. The normalized spacial score (nSPS) is 19.2. The van der Waals surface area contributed by atoms with Crippen molar-refractivity contribution in [2.45, 2.75) is 109 Å². The Bertz CT molecular complexity index is 639. The smallest absolute Gasteiger partial charge is 0.408 e. The van der Waals surface area contributed by atoms with Gasteiger partial charge in [0, 0.05) is 0 Å². The monoisotopic (exact) mass is 446 g/mol. The van der Waals surface area contributed by atoms with Crippen molar-refractivity contribution in [3.05, 3.63) is 35.9 Å². The van der Waals surface area contributed by atoms with Crippen molar-refractivity contribution in [3.63, 3.8) is 0 Å². The number of amides is 1. The third kappa shape index (κ3) is 10.0. The third-order valence-corrected chi connectivity index (χ3v) is 6.80. The third-order valence-electron chi connectivity index (χ3n) is 6.80. The van der Waals surface area contributed by atoms with E-state index in [4.69, 9.17) is 4.74 Å². The highest BCUT2D eigenvalue weighted by molar-refractivity contribution is 5.78. The Kier molecular flexibility index (Phi) is 12.2. The van der Waals surface area contributed by atoms with Gasteiger partial charge in [0.05, 0.1) is 24.1 Å².